The molecule has 158 valence electrons. The van der Waals surface area contributed by atoms with Crippen molar-refractivity contribution in [3.63, 3.8) is 0 Å². The Morgan fingerprint density at radius 2 is 1.77 bits per heavy atom. The van der Waals surface area contributed by atoms with Gasteiger partial charge in [0.1, 0.15) is 5.03 Å². The van der Waals surface area contributed by atoms with Crippen LogP contribution >= 0.6 is 35.0 Å². The van der Waals surface area contributed by atoms with Crippen LogP contribution in [0.3, 0.4) is 0 Å². The number of hydrogen-bond donors (Lipinski definition) is 0. The summed E-state index contributed by atoms with van der Waals surface area (Å²) in [5.41, 5.74) is 2.12. The molecule has 2 heterocycles. The number of carbonyl (C=O) groups excluding carboxylic acids is 1. The van der Waals surface area contributed by atoms with Crippen LogP contribution in [0.2, 0.25) is 10.0 Å². The third-order valence-corrected chi connectivity index (χ3v) is 6.34. The van der Waals surface area contributed by atoms with Crippen molar-refractivity contribution in [1.82, 2.24) is 9.55 Å². The molecule has 9 heteroatoms. The molecule has 0 aliphatic carbocycles. The molecule has 0 amide bonds. The summed E-state index contributed by atoms with van der Waals surface area (Å²) in [4.78, 5) is 16.9. The lowest BCUT2D eigenvalue weighted by atomic mass is 10.1. The van der Waals surface area contributed by atoms with Crippen LogP contribution in [0, 0.1) is 13.8 Å². The molecule has 0 fully saturated rings. The highest BCUT2D eigenvalue weighted by atomic mass is 35.5. The van der Waals surface area contributed by atoms with Crippen LogP contribution in [0.25, 0.3) is 5.69 Å². The summed E-state index contributed by atoms with van der Waals surface area (Å²) in [5.74, 6) is -0.161. The van der Waals surface area contributed by atoms with E-state index >= 15 is 0 Å². The number of hydrogen-bond acceptors (Lipinski definition) is 3. The zero-order valence-electron chi connectivity index (χ0n) is 16.2. The van der Waals surface area contributed by atoms with Gasteiger partial charge in [0.2, 0.25) is 0 Å². The number of nitrogens with zero attached hydrogens (tertiary/aromatic N) is 2. The molecular weight excluding hydrogens is 456 g/mol. The highest BCUT2D eigenvalue weighted by molar-refractivity contribution is 8.00. The monoisotopic (exact) mass is 472 g/mol. The first kappa shape index (κ1) is 22.7. The van der Waals surface area contributed by atoms with Crippen molar-refractivity contribution < 1.29 is 18.0 Å². The highest BCUT2D eigenvalue weighted by Crippen LogP contribution is 2.36. The van der Waals surface area contributed by atoms with Gasteiger partial charge in [-0.25, -0.2) is 4.98 Å². The first-order chi connectivity index (χ1) is 14.0. The SMILES string of the molecule is Cc1cc(C(=O)C(C)Sc2ncc(C(F)(F)F)cc2Cl)c(C)n1-c1ccc(Cl)cc1. The Hall–Kier alpha value is -1.96. The van der Waals surface area contributed by atoms with E-state index in [-0.39, 0.29) is 15.8 Å². The van der Waals surface area contributed by atoms with Crippen LogP contribution in [-0.4, -0.2) is 20.6 Å². The van der Waals surface area contributed by atoms with E-state index in [4.69, 9.17) is 23.2 Å². The van der Waals surface area contributed by atoms with Gasteiger partial charge in [0.25, 0.3) is 0 Å². The van der Waals surface area contributed by atoms with Gasteiger partial charge >= 0.3 is 6.18 Å². The summed E-state index contributed by atoms with van der Waals surface area (Å²) in [7, 11) is 0. The molecule has 3 rings (SSSR count). The van der Waals surface area contributed by atoms with E-state index in [1.54, 1.807) is 25.1 Å². The Balaban J connectivity index is 1.85. The standard InChI is InChI=1S/C21H17Cl2F3N2OS/c1-11-8-17(12(2)28(11)16-6-4-15(22)5-7-16)19(29)13(3)30-20-18(23)9-14(10-27-20)21(24,25)26/h4-10,13H,1-3H3. The van der Waals surface area contributed by atoms with Crippen molar-refractivity contribution in [2.45, 2.75) is 37.2 Å². The maximum Gasteiger partial charge on any atom is 0.417 e. The predicted octanol–water partition coefficient (Wildman–Crippen LogP) is 7.18. The Morgan fingerprint density at radius 3 is 2.33 bits per heavy atom. The fourth-order valence-corrected chi connectivity index (χ4v) is 4.39. The molecule has 0 aliphatic heterocycles. The number of carbonyl (C=O) groups is 1. The third kappa shape index (κ3) is 4.68. The first-order valence-electron chi connectivity index (χ1n) is 8.87. The van der Waals surface area contributed by atoms with Crippen LogP contribution < -0.4 is 0 Å². The van der Waals surface area contributed by atoms with Gasteiger partial charge in [-0.1, -0.05) is 35.0 Å². The molecule has 1 atom stereocenters. The summed E-state index contributed by atoms with van der Waals surface area (Å²) in [6.07, 6.45) is -3.81. The summed E-state index contributed by atoms with van der Waals surface area (Å²) in [6, 6.07) is 9.88. The molecular formula is C21H17Cl2F3N2OS. The number of Topliss-reactive ketones (excluding diaryl/α,β-unsaturated/α-hetero) is 1. The Kier molecular flexibility index (Phi) is 6.55. The second-order valence-electron chi connectivity index (χ2n) is 6.73. The molecule has 3 nitrogen and oxygen atoms in total. The number of halogens is 5. The summed E-state index contributed by atoms with van der Waals surface area (Å²) in [6.45, 7) is 5.41. The Morgan fingerprint density at radius 1 is 1.13 bits per heavy atom. The van der Waals surface area contributed by atoms with Crippen molar-refractivity contribution in [3.05, 3.63) is 75.2 Å². The smallest absolute Gasteiger partial charge is 0.318 e. The largest absolute Gasteiger partial charge is 0.417 e. The number of pyridine rings is 1. The molecule has 2 aromatic heterocycles. The first-order valence-corrected chi connectivity index (χ1v) is 10.5. The van der Waals surface area contributed by atoms with E-state index in [1.165, 1.54) is 0 Å². The minimum absolute atomic E-state index is 0.138. The third-order valence-electron chi connectivity index (χ3n) is 4.57. The van der Waals surface area contributed by atoms with Crippen molar-refractivity contribution in [2.75, 3.05) is 0 Å². The van der Waals surface area contributed by atoms with Crippen molar-refractivity contribution in [3.8, 4) is 5.69 Å². The maximum atomic E-state index is 13.1. The van der Waals surface area contributed by atoms with E-state index in [0.717, 1.165) is 41.1 Å². The van der Waals surface area contributed by atoms with Crippen molar-refractivity contribution in [2.24, 2.45) is 0 Å². The molecule has 1 unspecified atom stereocenters. The zero-order chi connectivity index (χ0) is 22.2. The molecule has 0 N–H and O–H groups in total. The van der Waals surface area contributed by atoms with Crippen molar-refractivity contribution >= 4 is 40.7 Å². The average molecular weight is 473 g/mol. The maximum absolute atomic E-state index is 13.1. The van der Waals surface area contributed by atoms with Crippen LogP contribution in [0.4, 0.5) is 13.2 Å². The second-order valence-corrected chi connectivity index (χ2v) is 8.90. The number of aryl methyl sites for hydroxylation is 1. The summed E-state index contributed by atoms with van der Waals surface area (Å²) >= 11 is 13.0. The van der Waals surface area contributed by atoms with Crippen LogP contribution in [0.5, 0.6) is 0 Å². The van der Waals surface area contributed by atoms with Crippen molar-refractivity contribution in [1.29, 1.82) is 0 Å². The van der Waals surface area contributed by atoms with Crippen LogP contribution in [-0.2, 0) is 6.18 Å². The highest BCUT2D eigenvalue weighted by Gasteiger charge is 2.32. The number of thioether (sulfide) groups is 1. The predicted molar refractivity (Wildman–Crippen MR) is 114 cm³/mol. The lowest BCUT2D eigenvalue weighted by Crippen LogP contribution is -2.15. The Labute approximate surface area is 186 Å². The molecule has 0 spiro atoms. The quantitative estimate of drug-likeness (QED) is 0.291. The topological polar surface area (TPSA) is 34.9 Å². The van der Waals surface area contributed by atoms with Gasteiger partial charge in [-0.15, -0.1) is 0 Å². The molecule has 30 heavy (non-hydrogen) atoms. The lowest BCUT2D eigenvalue weighted by Gasteiger charge is -2.13. The molecule has 1 aromatic carbocycles. The van der Waals surface area contributed by atoms with Gasteiger partial charge in [-0.3, -0.25) is 4.79 Å². The normalized spacial score (nSPS) is 12.8. The number of alkyl halides is 3. The summed E-state index contributed by atoms with van der Waals surface area (Å²) < 4.78 is 40.3. The molecule has 0 saturated carbocycles. The van der Waals surface area contributed by atoms with Crippen LogP contribution in [0.1, 0.15) is 34.2 Å². The fraction of sp³-hybridized carbons (Fsp3) is 0.238. The molecule has 0 saturated heterocycles. The average Bonchev–Trinajstić information content (AvgIpc) is 2.97. The lowest BCUT2D eigenvalue weighted by molar-refractivity contribution is -0.137. The fourth-order valence-electron chi connectivity index (χ4n) is 3.11. The minimum Gasteiger partial charge on any atom is -0.318 e. The number of benzene rings is 1. The second kappa shape index (κ2) is 8.65. The van der Waals surface area contributed by atoms with Gasteiger partial charge in [-0.2, -0.15) is 13.2 Å². The van der Waals surface area contributed by atoms with Gasteiger partial charge in [-0.05, 0) is 57.2 Å². The number of ketones is 1. The van der Waals surface area contributed by atoms with E-state index in [2.05, 4.69) is 4.98 Å². The summed E-state index contributed by atoms with van der Waals surface area (Å²) in [5, 5.41) is 0.0625. The van der Waals surface area contributed by atoms with E-state index < -0.39 is 17.0 Å². The van der Waals surface area contributed by atoms with Crippen LogP contribution in [0.15, 0.2) is 47.6 Å². The van der Waals surface area contributed by atoms with Gasteiger partial charge < -0.3 is 4.57 Å². The molecule has 3 aromatic rings. The zero-order valence-corrected chi connectivity index (χ0v) is 18.5. The molecule has 0 radical (unpaired) electrons. The molecule has 0 bridgehead atoms. The van der Waals surface area contributed by atoms with Gasteiger partial charge in [0.05, 0.1) is 15.8 Å². The van der Waals surface area contributed by atoms with E-state index in [0.29, 0.717) is 10.6 Å². The number of aromatic nitrogens is 2. The van der Waals surface area contributed by atoms with E-state index in [9.17, 15) is 18.0 Å². The van der Waals surface area contributed by atoms with Gasteiger partial charge in [0.15, 0.2) is 5.78 Å². The molecule has 0 aliphatic rings. The number of rotatable bonds is 5. The Bertz CT molecular complexity index is 1090. The van der Waals surface area contributed by atoms with Gasteiger partial charge in [0, 0.05) is 33.9 Å². The minimum atomic E-state index is -4.53. The van der Waals surface area contributed by atoms with E-state index in [1.807, 2.05) is 30.5 Å².